The van der Waals surface area contributed by atoms with Crippen LogP contribution >= 0.6 is 0 Å². The lowest BCUT2D eigenvalue weighted by molar-refractivity contribution is -0.123. The minimum atomic E-state index is -0.409. The van der Waals surface area contributed by atoms with Gasteiger partial charge in [0, 0.05) is 13.2 Å². The Morgan fingerprint density at radius 2 is 2.00 bits per heavy atom. The van der Waals surface area contributed by atoms with E-state index in [4.69, 9.17) is 10.8 Å². The molecule has 0 bridgehead atoms. The Morgan fingerprint density at radius 1 is 1.36 bits per heavy atom. The molecule has 0 saturated carbocycles. The Hall–Kier alpha value is -0.610. The predicted octanol–water partition coefficient (Wildman–Crippen LogP) is 0.248. The van der Waals surface area contributed by atoms with E-state index in [2.05, 4.69) is 5.32 Å². The van der Waals surface area contributed by atoms with E-state index in [-0.39, 0.29) is 18.4 Å². The van der Waals surface area contributed by atoms with Crippen molar-refractivity contribution < 1.29 is 9.90 Å². The summed E-state index contributed by atoms with van der Waals surface area (Å²) in [5, 5.41) is 11.3. The van der Waals surface area contributed by atoms with Crippen molar-refractivity contribution in [2.75, 3.05) is 13.2 Å². The van der Waals surface area contributed by atoms with E-state index in [0.717, 1.165) is 19.3 Å². The van der Waals surface area contributed by atoms with Crippen LogP contribution in [0, 0.1) is 5.92 Å². The minimum absolute atomic E-state index is 0.0796. The van der Waals surface area contributed by atoms with Crippen LogP contribution in [0.1, 0.15) is 33.1 Å². The average Bonchev–Trinajstić information content (AvgIpc) is 2.16. The SMILES string of the molecule is CC(C)[C@@H](N)C(=O)NCCCCCO. The third kappa shape index (κ3) is 5.94. The highest BCUT2D eigenvalue weighted by molar-refractivity contribution is 5.81. The Bertz CT molecular complexity index is 160. The monoisotopic (exact) mass is 202 g/mol. The molecule has 0 aromatic carbocycles. The number of aliphatic hydroxyl groups excluding tert-OH is 1. The molecule has 4 N–H and O–H groups in total. The molecule has 0 spiro atoms. The van der Waals surface area contributed by atoms with E-state index < -0.39 is 6.04 Å². The van der Waals surface area contributed by atoms with Gasteiger partial charge in [-0.2, -0.15) is 0 Å². The smallest absolute Gasteiger partial charge is 0.237 e. The Labute approximate surface area is 85.9 Å². The summed E-state index contributed by atoms with van der Waals surface area (Å²) in [6.45, 7) is 4.73. The Kier molecular flexibility index (Phi) is 7.42. The van der Waals surface area contributed by atoms with Crippen molar-refractivity contribution in [1.82, 2.24) is 5.32 Å². The second-order valence-corrected chi connectivity index (χ2v) is 3.85. The summed E-state index contributed by atoms with van der Waals surface area (Å²) in [6.07, 6.45) is 2.64. The van der Waals surface area contributed by atoms with Crippen LogP contribution in [0.4, 0.5) is 0 Å². The molecule has 1 atom stereocenters. The van der Waals surface area contributed by atoms with Gasteiger partial charge in [0.15, 0.2) is 0 Å². The largest absolute Gasteiger partial charge is 0.396 e. The fraction of sp³-hybridized carbons (Fsp3) is 0.900. The molecule has 0 aliphatic carbocycles. The molecule has 14 heavy (non-hydrogen) atoms. The molecule has 4 nitrogen and oxygen atoms in total. The molecule has 0 aromatic rings. The van der Waals surface area contributed by atoms with Crippen LogP contribution in [0.5, 0.6) is 0 Å². The first-order chi connectivity index (χ1) is 6.59. The third-order valence-electron chi connectivity index (χ3n) is 2.16. The van der Waals surface area contributed by atoms with E-state index in [1.165, 1.54) is 0 Å². The van der Waals surface area contributed by atoms with Crippen LogP contribution < -0.4 is 11.1 Å². The number of hydrogen-bond donors (Lipinski definition) is 3. The molecule has 0 aromatic heterocycles. The number of rotatable bonds is 7. The zero-order chi connectivity index (χ0) is 11.0. The quantitative estimate of drug-likeness (QED) is 0.518. The second kappa shape index (κ2) is 7.76. The summed E-state index contributed by atoms with van der Waals surface area (Å²) in [6, 6.07) is -0.409. The number of nitrogens with two attached hydrogens (primary N) is 1. The van der Waals surface area contributed by atoms with Crippen LogP contribution in [0.15, 0.2) is 0 Å². The lowest BCUT2D eigenvalue weighted by Gasteiger charge is -2.15. The molecule has 84 valence electrons. The summed E-state index contributed by atoms with van der Waals surface area (Å²) in [5.41, 5.74) is 5.65. The number of hydrogen-bond acceptors (Lipinski definition) is 3. The van der Waals surface area contributed by atoms with Gasteiger partial charge in [-0.1, -0.05) is 13.8 Å². The lowest BCUT2D eigenvalue weighted by Crippen LogP contribution is -2.44. The maximum Gasteiger partial charge on any atom is 0.237 e. The summed E-state index contributed by atoms with van der Waals surface area (Å²) in [4.78, 5) is 11.3. The summed E-state index contributed by atoms with van der Waals surface area (Å²) < 4.78 is 0. The molecular weight excluding hydrogens is 180 g/mol. The van der Waals surface area contributed by atoms with E-state index in [9.17, 15) is 4.79 Å². The molecular formula is C10H22N2O2. The van der Waals surface area contributed by atoms with Gasteiger partial charge in [-0.3, -0.25) is 4.79 Å². The molecule has 0 unspecified atom stereocenters. The first kappa shape index (κ1) is 13.4. The van der Waals surface area contributed by atoms with Crippen molar-refractivity contribution in [3.05, 3.63) is 0 Å². The van der Waals surface area contributed by atoms with Gasteiger partial charge in [-0.15, -0.1) is 0 Å². The number of amides is 1. The molecule has 0 fully saturated rings. The summed E-state index contributed by atoms with van der Waals surface area (Å²) in [5.74, 6) is 0.0939. The summed E-state index contributed by atoms with van der Waals surface area (Å²) in [7, 11) is 0. The first-order valence-electron chi connectivity index (χ1n) is 5.23. The zero-order valence-corrected chi connectivity index (χ0v) is 9.12. The summed E-state index contributed by atoms with van der Waals surface area (Å²) >= 11 is 0. The van der Waals surface area contributed by atoms with Crippen molar-refractivity contribution >= 4 is 5.91 Å². The molecule has 0 heterocycles. The van der Waals surface area contributed by atoms with Gasteiger partial charge in [0.2, 0.25) is 5.91 Å². The van der Waals surface area contributed by atoms with Crippen LogP contribution in [0.3, 0.4) is 0 Å². The van der Waals surface area contributed by atoms with E-state index >= 15 is 0 Å². The van der Waals surface area contributed by atoms with Gasteiger partial charge >= 0.3 is 0 Å². The van der Waals surface area contributed by atoms with Crippen molar-refractivity contribution in [2.45, 2.75) is 39.2 Å². The molecule has 0 rings (SSSR count). The highest BCUT2D eigenvalue weighted by Gasteiger charge is 2.15. The van der Waals surface area contributed by atoms with Gasteiger partial charge in [-0.25, -0.2) is 0 Å². The minimum Gasteiger partial charge on any atom is -0.396 e. The predicted molar refractivity (Wildman–Crippen MR) is 56.8 cm³/mol. The van der Waals surface area contributed by atoms with Gasteiger partial charge in [-0.05, 0) is 25.2 Å². The third-order valence-corrected chi connectivity index (χ3v) is 2.16. The van der Waals surface area contributed by atoms with E-state index in [1.807, 2.05) is 13.8 Å². The highest BCUT2D eigenvalue weighted by Crippen LogP contribution is 1.98. The molecule has 0 aliphatic rings. The van der Waals surface area contributed by atoms with Crippen molar-refractivity contribution in [3.8, 4) is 0 Å². The van der Waals surface area contributed by atoms with Crippen LogP contribution in [0.25, 0.3) is 0 Å². The zero-order valence-electron chi connectivity index (χ0n) is 9.12. The van der Waals surface area contributed by atoms with Crippen molar-refractivity contribution in [1.29, 1.82) is 0 Å². The molecule has 0 aliphatic heterocycles. The molecule has 4 heteroatoms. The fourth-order valence-electron chi connectivity index (χ4n) is 1.05. The van der Waals surface area contributed by atoms with Crippen LogP contribution in [-0.2, 0) is 4.79 Å². The number of nitrogens with one attached hydrogen (secondary N) is 1. The number of unbranched alkanes of at least 4 members (excludes halogenated alkanes) is 2. The maximum atomic E-state index is 11.3. The average molecular weight is 202 g/mol. The number of carbonyl (C=O) groups is 1. The lowest BCUT2D eigenvalue weighted by atomic mass is 10.1. The van der Waals surface area contributed by atoms with Gasteiger partial charge in [0.25, 0.3) is 0 Å². The normalized spacial score (nSPS) is 12.9. The maximum absolute atomic E-state index is 11.3. The Morgan fingerprint density at radius 3 is 2.50 bits per heavy atom. The number of aliphatic hydroxyl groups is 1. The second-order valence-electron chi connectivity index (χ2n) is 3.85. The molecule has 0 saturated heterocycles. The van der Waals surface area contributed by atoms with Gasteiger partial charge in [0.1, 0.15) is 0 Å². The number of carbonyl (C=O) groups excluding carboxylic acids is 1. The fourth-order valence-corrected chi connectivity index (χ4v) is 1.05. The van der Waals surface area contributed by atoms with E-state index in [0.29, 0.717) is 6.54 Å². The molecule has 1 amide bonds. The highest BCUT2D eigenvalue weighted by atomic mass is 16.2. The van der Waals surface area contributed by atoms with Crippen LogP contribution in [-0.4, -0.2) is 30.2 Å². The first-order valence-corrected chi connectivity index (χ1v) is 5.23. The van der Waals surface area contributed by atoms with Crippen molar-refractivity contribution in [3.63, 3.8) is 0 Å². The van der Waals surface area contributed by atoms with Gasteiger partial charge < -0.3 is 16.2 Å². The van der Waals surface area contributed by atoms with Crippen molar-refractivity contribution in [2.24, 2.45) is 11.7 Å². The van der Waals surface area contributed by atoms with E-state index in [1.54, 1.807) is 0 Å². The van der Waals surface area contributed by atoms with Crippen LogP contribution in [0.2, 0.25) is 0 Å². The standard InChI is InChI=1S/C10H22N2O2/c1-8(2)9(11)10(14)12-6-4-3-5-7-13/h8-9,13H,3-7,11H2,1-2H3,(H,12,14)/t9-/m1/s1. The van der Waals surface area contributed by atoms with Gasteiger partial charge in [0.05, 0.1) is 6.04 Å². The molecule has 0 radical (unpaired) electrons. The Balaban J connectivity index is 3.44. The topological polar surface area (TPSA) is 75.4 Å².